The molecule has 0 saturated carbocycles. The van der Waals surface area contributed by atoms with Crippen LogP contribution in [0.25, 0.3) is 0 Å². The van der Waals surface area contributed by atoms with Gasteiger partial charge < -0.3 is 10.1 Å². The Labute approximate surface area is 184 Å². The smallest absolute Gasteiger partial charge is 0.240 e. The zero-order valence-electron chi connectivity index (χ0n) is 17.8. The Kier molecular flexibility index (Phi) is 9.52. The molecule has 1 amide bonds. The van der Waals surface area contributed by atoms with E-state index in [2.05, 4.69) is 30.4 Å². The molecule has 0 atom stereocenters. The molecule has 2 aromatic rings. The Bertz CT molecular complexity index is 915. The lowest BCUT2D eigenvalue weighted by atomic mass is 10.2. The van der Waals surface area contributed by atoms with E-state index >= 15 is 0 Å². The monoisotopic (exact) mass is 450 g/mol. The highest BCUT2D eigenvalue weighted by molar-refractivity contribution is 7.98. The van der Waals surface area contributed by atoms with E-state index in [1.54, 1.807) is 36.0 Å². The maximum atomic E-state index is 12.3. The van der Waals surface area contributed by atoms with E-state index in [9.17, 15) is 13.2 Å². The highest BCUT2D eigenvalue weighted by Gasteiger charge is 2.20. The lowest BCUT2D eigenvalue weighted by Crippen LogP contribution is -2.41. The van der Waals surface area contributed by atoms with Crippen LogP contribution < -0.4 is 14.4 Å². The summed E-state index contributed by atoms with van der Waals surface area (Å²) in [6.07, 6.45) is 1.99. The third-order valence-electron chi connectivity index (χ3n) is 4.20. The first-order valence-electron chi connectivity index (χ1n) is 9.90. The largest absolute Gasteiger partial charge is 0.494 e. The van der Waals surface area contributed by atoms with Crippen molar-refractivity contribution in [2.75, 3.05) is 36.0 Å². The number of aryl methyl sites for hydroxylation is 1. The Hall–Kier alpha value is -2.19. The Morgan fingerprint density at radius 3 is 2.53 bits per heavy atom. The molecule has 0 heterocycles. The van der Waals surface area contributed by atoms with Gasteiger partial charge in [-0.1, -0.05) is 36.8 Å². The molecule has 1 N–H and O–H groups in total. The maximum Gasteiger partial charge on any atom is 0.240 e. The molecule has 0 aromatic heterocycles. The predicted octanol–water partition coefficient (Wildman–Crippen LogP) is 3.60. The van der Waals surface area contributed by atoms with E-state index in [0.717, 1.165) is 28.5 Å². The van der Waals surface area contributed by atoms with Gasteiger partial charge in [-0.05, 0) is 43.2 Å². The number of ether oxygens (including phenoxy) is 1. The fourth-order valence-electron chi connectivity index (χ4n) is 2.77. The summed E-state index contributed by atoms with van der Waals surface area (Å²) in [5.74, 6) is 1.97. The molecule has 0 radical (unpaired) electrons. The molecular weight excluding hydrogens is 420 g/mol. The van der Waals surface area contributed by atoms with Gasteiger partial charge in [-0.25, -0.2) is 8.42 Å². The van der Waals surface area contributed by atoms with Gasteiger partial charge in [0.15, 0.2) is 0 Å². The van der Waals surface area contributed by atoms with Gasteiger partial charge in [0.05, 0.1) is 18.6 Å². The number of amides is 1. The number of benzene rings is 2. The number of thioether (sulfide) groups is 1. The lowest BCUT2D eigenvalue weighted by Gasteiger charge is -2.22. The molecule has 2 aromatic carbocycles. The molecule has 0 aliphatic heterocycles. The van der Waals surface area contributed by atoms with E-state index in [1.165, 1.54) is 11.1 Å². The zero-order valence-corrected chi connectivity index (χ0v) is 19.4. The van der Waals surface area contributed by atoms with Crippen LogP contribution >= 0.6 is 11.8 Å². The van der Waals surface area contributed by atoms with Gasteiger partial charge in [-0.15, -0.1) is 0 Å². The number of rotatable bonds is 12. The van der Waals surface area contributed by atoms with Crippen LogP contribution in [0, 0.1) is 6.92 Å². The standard InChI is InChI=1S/C22H30N2O4S2/c1-4-13-28-21-10-8-20(9-11-21)24(30(3,26)27)16-22(25)23-12-14-29-17-19-7-5-6-18(2)15-19/h5-11,15H,4,12-14,16-17H2,1-3H3,(H,23,25). The second kappa shape index (κ2) is 11.9. The van der Waals surface area contributed by atoms with E-state index in [1.807, 2.05) is 13.0 Å². The van der Waals surface area contributed by atoms with Crippen molar-refractivity contribution in [3.05, 3.63) is 59.7 Å². The second-order valence-corrected chi connectivity index (χ2v) is 10.0. The van der Waals surface area contributed by atoms with Crippen LogP contribution in [0.15, 0.2) is 48.5 Å². The van der Waals surface area contributed by atoms with Crippen molar-refractivity contribution >= 4 is 33.4 Å². The van der Waals surface area contributed by atoms with Crippen LogP contribution in [-0.2, 0) is 20.6 Å². The molecule has 30 heavy (non-hydrogen) atoms. The topological polar surface area (TPSA) is 75.7 Å². The van der Waals surface area contributed by atoms with Gasteiger partial charge >= 0.3 is 0 Å². The predicted molar refractivity (Wildman–Crippen MR) is 125 cm³/mol. The van der Waals surface area contributed by atoms with Crippen LogP contribution in [0.5, 0.6) is 5.75 Å². The average Bonchev–Trinajstić information content (AvgIpc) is 2.70. The molecule has 2 rings (SSSR count). The summed E-state index contributed by atoms with van der Waals surface area (Å²) in [4.78, 5) is 12.3. The fraction of sp³-hybridized carbons (Fsp3) is 0.409. The van der Waals surface area contributed by atoms with Crippen LogP contribution in [0.2, 0.25) is 0 Å². The minimum Gasteiger partial charge on any atom is -0.494 e. The molecule has 0 aliphatic rings. The second-order valence-electron chi connectivity index (χ2n) is 7.00. The van der Waals surface area contributed by atoms with E-state index in [-0.39, 0.29) is 12.5 Å². The molecular formula is C22H30N2O4S2. The number of sulfonamides is 1. The lowest BCUT2D eigenvalue weighted by molar-refractivity contribution is -0.119. The molecule has 0 fully saturated rings. The molecule has 8 heteroatoms. The number of nitrogens with one attached hydrogen (secondary N) is 1. The summed E-state index contributed by atoms with van der Waals surface area (Å²) < 4.78 is 31.0. The Morgan fingerprint density at radius 1 is 1.17 bits per heavy atom. The number of carbonyl (C=O) groups is 1. The first-order chi connectivity index (χ1) is 14.3. The molecule has 0 bridgehead atoms. The van der Waals surface area contributed by atoms with Crippen LogP contribution in [-0.4, -0.2) is 46.0 Å². The van der Waals surface area contributed by atoms with Gasteiger partial charge in [0.1, 0.15) is 12.3 Å². The number of carbonyl (C=O) groups excluding carboxylic acids is 1. The van der Waals surface area contributed by atoms with Gasteiger partial charge in [0.2, 0.25) is 15.9 Å². The molecule has 0 saturated heterocycles. The number of hydrogen-bond donors (Lipinski definition) is 1. The van der Waals surface area contributed by atoms with Crippen molar-refractivity contribution in [1.82, 2.24) is 5.32 Å². The minimum atomic E-state index is -3.59. The maximum absolute atomic E-state index is 12.3. The Morgan fingerprint density at radius 2 is 1.90 bits per heavy atom. The normalized spacial score (nSPS) is 11.2. The quantitative estimate of drug-likeness (QED) is 0.500. The fourth-order valence-corrected chi connectivity index (χ4v) is 4.43. The first kappa shape index (κ1) is 24.1. The molecule has 164 valence electrons. The molecule has 0 aliphatic carbocycles. The summed E-state index contributed by atoms with van der Waals surface area (Å²) in [5.41, 5.74) is 2.92. The van der Waals surface area contributed by atoms with Crippen LogP contribution in [0.1, 0.15) is 24.5 Å². The van der Waals surface area contributed by atoms with Crippen molar-refractivity contribution in [3.63, 3.8) is 0 Å². The van der Waals surface area contributed by atoms with E-state index < -0.39 is 10.0 Å². The highest BCUT2D eigenvalue weighted by Crippen LogP contribution is 2.21. The first-order valence-corrected chi connectivity index (χ1v) is 12.9. The van der Waals surface area contributed by atoms with Crippen molar-refractivity contribution in [3.8, 4) is 5.75 Å². The van der Waals surface area contributed by atoms with Crippen molar-refractivity contribution in [2.24, 2.45) is 0 Å². The van der Waals surface area contributed by atoms with E-state index in [0.29, 0.717) is 24.6 Å². The highest BCUT2D eigenvalue weighted by atomic mass is 32.2. The van der Waals surface area contributed by atoms with Gasteiger partial charge in [0.25, 0.3) is 0 Å². The zero-order chi connectivity index (χ0) is 22.0. The Balaban J connectivity index is 1.83. The summed E-state index contributed by atoms with van der Waals surface area (Å²) >= 11 is 1.73. The summed E-state index contributed by atoms with van der Waals surface area (Å²) in [6, 6.07) is 15.1. The molecule has 0 unspecified atom stereocenters. The number of anilines is 1. The summed E-state index contributed by atoms with van der Waals surface area (Å²) in [6.45, 7) is 4.90. The average molecular weight is 451 g/mol. The van der Waals surface area contributed by atoms with Crippen molar-refractivity contribution < 1.29 is 17.9 Å². The van der Waals surface area contributed by atoms with Gasteiger partial charge in [-0.2, -0.15) is 11.8 Å². The number of hydrogen-bond acceptors (Lipinski definition) is 5. The van der Waals surface area contributed by atoms with E-state index in [4.69, 9.17) is 4.74 Å². The number of nitrogens with zero attached hydrogens (tertiary/aromatic N) is 1. The summed E-state index contributed by atoms with van der Waals surface area (Å²) in [5, 5.41) is 2.80. The van der Waals surface area contributed by atoms with Crippen molar-refractivity contribution in [1.29, 1.82) is 0 Å². The summed E-state index contributed by atoms with van der Waals surface area (Å²) in [7, 11) is -3.59. The third-order valence-corrected chi connectivity index (χ3v) is 6.38. The van der Waals surface area contributed by atoms with Gasteiger partial charge in [-0.3, -0.25) is 9.10 Å². The minimum absolute atomic E-state index is 0.253. The third kappa shape index (κ3) is 8.28. The van der Waals surface area contributed by atoms with Crippen LogP contribution in [0.3, 0.4) is 0 Å². The van der Waals surface area contributed by atoms with Crippen molar-refractivity contribution in [2.45, 2.75) is 26.0 Å². The molecule has 0 spiro atoms. The molecule has 6 nitrogen and oxygen atoms in total. The van der Waals surface area contributed by atoms with Crippen LogP contribution in [0.4, 0.5) is 5.69 Å². The SMILES string of the molecule is CCCOc1ccc(N(CC(=O)NCCSCc2cccc(C)c2)S(C)(=O)=O)cc1. The van der Waals surface area contributed by atoms with Gasteiger partial charge in [0, 0.05) is 18.1 Å².